The first-order chi connectivity index (χ1) is 10.1. The van der Waals surface area contributed by atoms with Gasteiger partial charge in [0.1, 0.15) is 5.69 Å². The SMILES string of the molecule is COC(=O)c1cc(N(CC2CCCNC2)C(C)C)ccn1. The van der Waals surface area contributed by atoms with Crippen LogP contribution >= 0.6 is 0 Å². The Labute approximate surface area is 126 Å². The first kappa shape index (κ1) is 15.8. The van der Waals surface area contributed by atoms with Crippen molar-refractivity contribution in [3.8, 4) is 0 Å². The smallest absolute Gasteiger partial charge is 0.356 e. The average Bonchev–Trinajstić information content (AvgIpc) is 2.52. The number of anilines is 1. The van der Waals surface area contributed by atoms with E-state index in [1.807, 2.05) is 12.1 Å². The van der Waals surface area contributed by atoms with Crippen molar-refractivity contribution in [1.82, 2.24) is 10.3 Å². The van der Waals surface area contributed by atoms with E-state index in [-0.39, 0.29) is 5.97 Å². The van der Waals surface area contributed by atoms with Gasteiger partial charge in [0.2, 0.25) is 0 Å². The van der Waals surface area contributed by atoms with Gasteiger partial charge in [0.25, 0.3) is 0 Å². The number of aromatic nitrogens is 1. The maximum atomic E-state index is 11.6. The van der Waals surface area contributed by atoms with Gasteiger partial charge in [0.15, 0.2) is 0 Å². The van der Waals surface area contributed by atoms with Gasteiger partial charge in [-0.25, -0.2) is 9.78 Å². The van der Waals surface area contributed by atoms with Crippen LogP contribution in [0.1, 0.15) is 37.2 Å². The van der Waals surface area contributed by atoms with Crippen molar-refractivity contribution in [1.29, 1.82) is 0 Å². The first-order valence-electron chi connectivity index (χ1n) is 7.63. The molecular weight excluding hydrogens is 266 g/mol. The number of nitrogens with zero attached hydrogens (tertiary/aromatic N) is 2. The predicted octanol–water partition coefficient (Wildman–Crippen LogP) is 2.08. The molecule has 5 nitrogen and oxygen atoms in total. The summed E-state index contributed by atoms with van der Waals surface area (Å²) >= 11 is 0. The summed E-state index contributed by atoms with van der Waals surface area (Å²) in [6.07, 6.45) is 4.17. The zero-order chi connectivity index (χ0) is 15.2. The third kappa shape index (κ3) is 4.17. The number of carbonyl (C=O) groups excluding carboxylic acids is 1. The molecular formula is C16H25N3O2. The lowest BCUT2D eigenvalue weighted by molar-refractivity contribution is 0.0594. The van der Waals surface area contributed by atoms with Crippen LogP contribution in [0.5, 0.6) is 0 Å². The first-order valence-corrected chi connectivity index (χ1v) is 7.63. The van der Waals surface area contributed by atoms with Gasteiger partial charge in [-0.3, -0.25) is 0 Å². The van der Waals surface area contributed by atoms with E-state index in [1.54, 1.807) is 6.20 Å². The van der Waals surface area contributed by atoms with Crippen LogP contribution in [-0.4, -0.2) is 43.7 Å². The Morgan fingerprint density at radius 1 is 1.57 bits per heavy atom. The van der Waals surface area contributed by atoms with Crippen molar-refractivity contribution < 1.29 is 9.53 Å². The van der Waals surface area contributed by atoms with Crippen LogP contribution in [0.25, 0.3) is 0 Å². The lowest BCUT2D eigenvalue weighted by atomic mass is 9.98. The Kier molecular flexibility index (Phi) is 5.56. The summed E-state index contributed by atoms with van der Waals surface area (Å²) in [5.41, 5.74) is 1.40. The molecule has 0 aliphatic carbocycles. The molecule has 1 aromatic rings. The van der Waals surface area contributed by atoms with E-state index in [9.17, 15) is 4.79 Å². The lowest BCUT2D eigenvalue weighted by Gasteiger charge is -2.34. The van der Waals surface area contributed by atoms with E-state index < -0.39 is 0 Å². The number of esters is 1. The molecule has 21 heavy (non-hydrogen) atoms. The summed E-state index contributed by atoms with van der Waals surface area (Å²) in [6.45, 7) is 7.54. The van der Waals surface area contributed by atoms with Gasteiger partial charge in [-0.05, 0) is 57.8 Å². The van der Waals surface area contributed by atoms with Crippen LogP contribution in [0.15, 0.2) is 18.3 Å². The molecule has 2 heterocycles. The Hall–Kier alpha value is -1.62. The van der Waals surface area contributed by atoms with Crippen molar-refractivity contribution in [2.45, 2.75) is 32.7 Å². The number of hydrogen-bond acceptors (Lipinski definition) is 5. The topological polar surface area (TPSA) is 54.5 Å². The molecule has 1 saturated heterocycles. The maximum Gasteiger partial charge on any atom is 0.356 e. The van der Waals surface area contributed by atoms with Crippen LogP contribution in [-0.2, 0) is 4.74 Å². The molecule has 1 aliphatic heterocycles. The van der Waals surface area contributed by atoms with E-state index in [0.717, 1.165) is 25.3 Å². The Morgan fingerprint density at radius 2 is 2.38 bits per heavy atom. The highest BCUT2D eigenvalue weighted by Crippen LogP contribution is 2.22. The number of pyridine rings is 1. The van der Waals surface area contributed by atoms with Crippen molar-refractivity contribution >= 4 is 11.7 Å². The fourth-order valence-corrected chi connectivity index (χ4v) is 2.79. The number of carbonyl (C=O) groups is 1. The molecule has 1 aliphatic rings. The van der Waals surface area contributed by atoms with Crippen LogP contribution < -0.4 is 10.2 Å². The molecule has 0 aromatic carbocycles. The molecule has 0 bridgehead atoms. The summed E-state index contributed by atoms with van der Waals surface area (Å²) in [5.74, 6) is 0.260. The zero-order valence-electron chi connectivity index (χ0n) is 13.1. The highest BCUT2D eigenvalue weighted by Gasteiger charge is 2.20. The maximum absolute atomic E-state index is 11.6. The molecule has 1 N–H and O–H groups in total. The van der Waals surface area contributed by atoms with Crippen molar-refractivity contribution in [3.05, 3.63) is 24.0 Å². The van der Waals surface area contributed by atoms with Gasteiger partial charge in [0, 0.05) is 24.5 Å². The second-order valence-corrected chi connectivity index (χ2v) is 5.85. The van der Waals surface area contributed by atoms with Gasteiger partial charge in [-0.15, -0.1) is 0 Å². The van der Waals surface area contributed by atoms with E-state index in [4.69, 9.17) is 4.74 Å². The Bertz CT molecular complexity index is 470. The highest BCUT2D eigenvalue weighted by molar-refractivity contribution is 5.88. The van der Waals surface area contributed by atoms with Gasteiger partial charge >= 0.3 is 5.97 Å². The quantitative estimate of drug-likeness (QED) is 0.842. The van der Waals surface area contributed by atoms with Gasteiger partial charge in [-0.2, -0.15) is 0 Å². The molecule has 5 heteroatoms. The number of rotatable bonds is 5. The number of ether oxygens (including phenoxy) is 1. The molecule has 0 spiro atoms. The third-order valence-electron chi connectivity index (χ3n) is 3.95. The number of hydrogen-bond donors (Lipinski definition) is 1. The zero-order valence-corrected chi connectivity index (χ0v) is 13.1. The van der Waals surface area contributed by atoms with Crippen molar-refractivity contribution in [2.75, 3.05) is 31.6 Å². The standard InChI is InChI=1S/C16H25N3O2/c1-12(2)19(11-13-5-4-7-17-10-13)14-6-8-18-15(9-14)16(20)21-3/h6,8-9,12-13,17H,4-5,7,10-11H2,1-3H3. The summed E-state index contributed by atoms with van der Waals surface area (Å²) in [7, 11) is 1.38. The third-order valence-corrected chi connectivity index (χ3v) is 3.95. The molecule has 1 fully saturated rings. The molecule has 116 valence electrons. The lowest BCUT2D eigenvalue weighted by Crippen LogP contribution is -2.41. The molecule has 1 atom stereocenters. The second kappa shape index (κ2) is 7.41. The van der Waals surface area contributed by atoms with Crippen LogP contribution in [0, 0.1) is 5.92 Å². The molecule has 2 rings (SSSR count). The Balaban J connectivity index is 2.15. The van der Waals surface area contributed by atoms with E-state index >= 15 is 0 Å². The summed E-state index contributed by atoms with van der Waals surface area (Å²) in [5, 5.41) is 3.46. The fraction of sp³-hybridized carbons (Fsp3) is 0.625. The van der Waals surface area contributed by atoms with Crippen molar-refractivity contribution in [3.63, 3.8) is 0 Å². The number of piperidine rings is 1. The average molecular weight is 291 g/mol. The predicted molar refractivity (Wildman–Crippen MR) is 83.7 cm³/mol. The van der Waals surface area contributed by atoms with E-state index in [2.05, 4.69) is 29.0 Å². The molecule has 1 aromatic heterocycles. The summed E-state index contributed by atoms with van der Waals surface area (Å²) < 4.78 is 4.75. The highest BCUT2D eigenvalue weighted by atomic mass is 16.5. The second-order valence-electron chi connectivity index (χ2n) is 5.85. The van der Waals surface area contributed by atoms with Crippen LogP contribution in [0.2, 0.25) is 0 Å². The molecule has 0 saturated carbocycles. The minimum absolute atomic E-state index is 0.363. The van der Waals surface area contributed by atoms with E-state index in [0.29, 0.717) is 17.7 Å². The monoisotopic (exact) mass is 291 g/mol. The van der Waals surface area contributed by atoms with Crippen LogP contribution in [0.4, 0.5) is 5.69 Å². The number of methoxy groups -OCH3 is 1. The summed E-state index contributed by atoms with van der Waals surface area (Å²) in [4.78, 5) is 18.1. The molecule has 0 amide bonds. The number of nitrogens with one attached hydrogen (secondary N) is 1. The minimum atomic E-state index is -0.389. The normalized spacial score (nSPS) is 18.6. The van der Waals surface area contributed by atoms with E-state index in [1.165, 1.54) is 20.0 Å². The fourth-order valence-electron chi connectivity index (χ4n) is 2.79. The molecule has 1 unspecified atom stereocenters. The largest absolute Gasteiger partial charge is 0.464 e. The summed E-state index contributed by atoms with van der Waals surface area (Å²) in [6, 6.07) is 4.16. The van der Waals surface area contributed by atoms with Crippen molar-refractivity contribution in [2.24, 2.45) is 5.92 Å². The van der Waals surface area contributed by atoms with Gasteiger partial charge in [-0.1, -0.05) is 0 Å². The van der Waals surface area contributed by atoms with Gasteiger partial charge in [0.05, 0.1) is 7.11 Å². The Morgan fingerprint density at radius 3 is 3.00 bits per heavy atom. The molecule has 0 radical (unpaired) electrons. The van der Waals surface area contributed by atoms with Crippen LogP contribution in [0.3, 0.4) is 0 Å². The minimum Gasteiger partial charge on any atom is -0.464 e. The van der Waals surface area contributed by atoms with Gasteiger partial charge < -0.3 is 15.0 Å².